The molecule has 2 heteroatoms. The van der Waals surface area contributed by atoms with Gasteiger partial charge in [-0.3, -0.25) is 4.79 Å². The van der Waals surface area contributed by atoms with Gasteiger partial charge in [-0.2, -0.15) is 0 Å². The summed E-state index contributed by atoms with van der Waals surface area (Å²) in [6.07, 6.45) is 6.64. The normalized spacial score (nSPS) is 29.0. The second-order valence-corrected chi connectivity index (χ2v) is 7.03. The molecule has 0 spiro atoms. The fraction of sp³-hybridized carbons (Fsp3) is 0.632. The standard InChI is InChI=1S/C19H27NO/c1-15-6-5-7-16(14-15)18(21)19(10-12-20-13-11-19)17-8-3-2-4-9-17/h2-4,8-9,15-16,20H,5-7,10-14H2,1H3. The number of nitrogens with one attached hydrogen (secondary N) is 1. The summed E-state index contributed by atoms with van der Waals surface area (Å²) >= 11 is 0. The van der Waals surface area contributed by atoms with Gasteiger partial charge in [0.2, 0.25) is 0 Å². The van der Waals surface area contributed by atoms with E-state index in [4.69, 9.17) is 0 Å². The van der Waals surface area contributed by atoms with Crippen LogP contribution in [0.1, 0.15) is 51.0 Å². The molecule has 1 N–H and O–H groups in total. The van der Waals surface area contributed by atoms with Gasteiger partial charge in [-0.15, -0.1) is 0 Å². The number of carbonyl (C=O) groups excluding carboxylic acids is 1. The lowest BCUT2D eigenvalue weighted by molar-refractivity contribution is -0.131. The molecule has 2 fully saturated rings. The maximum Gasteiger partial charge on any atom is 0.146 e. The maximum absolute atomic E-state index is 13.4. The third-order valence-corrected chi connectivity index (χ3v) is 5.56. The molecular weight excluding hydrogens is 258 g/mol. The number of hydrogen-bond donors (Lipinski definition) is 1. The molecule has 0 aromatic heterocycles. The minimum atomic E-state index is -0.228. The molecule has 0 radical (unpaired) electrons. The van der Waals surface area contributed by atoms with Crippen LogP contribution in [0.25, 0.3) is 0 Å². The zero-order valence-corrected chi connectivity index (χ0v) is 13.1. The summed E-state index contributed by atoms with van der Waals surface area (Å²) in [6.45, 7) is 4.23. The quantitative estimate of drug-likeness (QED) is 0.917. The van der Waals surface area contributed by atoms with Crippen LogP contribution >= 0.6 is 0 Å². The molecule has 2 nitrogen and oxygen atoms in total. The van der Waals surface area contributed by atoms with Crippen LogP contribution in [-0.4, -0.2) is 18.9 Å². The Morgan fingerprint density at radius 2 is 1.86 bits per heavy atom. The number of benzene rings is 1. The summed E-state index contributed by atoms with van der Waals surface area (Å²) in [5.74, 6) is 1.52. The molecule has 1 aromatic rings. The Morgan fingerprint density at radius 3 is 2.52 bits per heavy atom. The summed E-state index contributed by atoms with van der Waals surface area (Å²) in [5, 5.41) is 3.42. The molecule has 1 heterocycles. The van der Waals surface area contributed by atoms with Crippen molar-refractivity contribution >= 4 is 5.78 Å². The van der Waals surface area contributed by atoms with E-state index in [1.807, 2.05) is 6.07 Å². The fourth-order valence-electron chi connectivity index (χ4n) is 4.35. The van der Waals surface area contributed by atoms with Crippen LogP contribution in [0.4, 0.5) is 0 Å². The number of rotatable bonds is 3. The van der Waals surface area contributed by atoms with Crippen molar-refractivity contribution in [1.29, 1.82) is 0 Å². The van der Waals surface area contributed by atoms with E-state index in [1.54, 1.807) is 0 Å². The summed E-state index contributed by atoms with van der Waals surface area (Å²) in [6, 6.07) is 10.5. The minimum absolute atomic E-state index is 0.228. The first kappa shape index (κ1) is 14.8. The molecule has 1 saturated carbocycles. The zero-order valence-electron chi connectivity index (χ0n) is 13.1. The Hall–Kier alpha value is -1.15. The molecule has 1 aliphatic carbocycles. The molecule has 1 saturated heterocycles. The second-order valence-electron chi connectivity index (χ2n) is 7.03. The van der Waals surface area contributed by atoms with E-state index in [0.29, 0.717) is 11.7 Å². The molecule has 2 aliphatic rings. The van der Waals surface area contributed by atoms with Gasteiger partial charge in [-0.25, -0.2) is 0 Å². The highest BCUT2D eigenvalue weighted by Crippen LogP contribution is 2.41. The summed E-state index contributed by atoms with van der Waals surface area (Å²) < 4.78 is 0. The number of hydrogen-bond acceptors (Lipinski definition) is 2. The topological polar surface area (TPSA) is 29.1 Å². The summed E-state index contributed by atoms with van der Waals surface area (Å²) in [7, 11) is 0. The predicted octanol–water partition coefficient (Wildman–Crippen LogP) is 3.70. The first-order valence-electron chi connectivity index (χ1n) is 8.53. The van der Waals surface area contributed by atoms with Crippen LogP contribution < -0.4 is 5.32 Å². The van der Waals surface area contributed by atoms with Crippen LogP contribution in [0.2, 0.25) is 0 Å². The highest BCUT2D eigenvalue weighted by atomic mass is 16.1. The van der Waals surface area contributed by atoms with Crippen LogP contribution in [0.3, 0.4) is 0 Å². The first-order chi connectivity index (χ1) is 10.2. The van der Waals surface area contributed by atoms with Gasteiger partial charge >= 0.3 is 0 Å². The van der Waals surface area contributed by atoms with Crippen molar-refractivity contribution in [2.24, 2.45) is 11.8 Å². The molecule has 0 amide bonds. The summed E-state index contributed by atoms with van der Waals surface area (Å²) in [5.41, 5.74) is 1.02. The van der Waals surface area contributed by atoms with Crippen LogP contribution in [0.15, 0.2) is 30.3 Å². The molecule has 1 aromatic carbocycles. The van der Waals surface area contributed by atoms with E-state index >= 15 is 0 Å². The van der Waals surface area contributed by atoms with Gasteiger partial charge < -0.3 is 5.32 Å². The Labute approximate surface area is 128 Å². The van der Waals surface area contributed by atoms with Crippen molar-refractivity contribution in [3.63, 3.8) is 0 Å². The maximum atomic E-state index is 13.4. The van der Waals surface area contributed by atoms with E-state index in [9.17, 15) is 4.79 Å². The number of ketones is 1. The average Bonchev–Trinajstić information content (AvgIpc) is 2.55. The molecule has 2 atom stereocenters. The lowest BCUT2D eigenvalue weighted by Crippen LogP contribution is -2.48. The predicted molar refractivity (Wildman–Crippen MR) is 86.4 cm³/mol. The third kappa shape index (κ3) is 2.91. The number of piperidine rings is 1. The van der Waals surface area contributed by atoms with Gasteiger partial charge in [-0.1, -0.05) is 50.1 Å². The van der Waals surface area contributed by atoms with Crippen LogP contribution in [0, 0.1) is 11.8 Å². The lowest BCUT2D eigenvalue weighted by Gasteiger charge is -2.40. The molecule has 0 bridgehead atoms. The minimum Gasteiger partial charge on any atom is -0.317 e. The third-order valence-electron chi connectivity index (χ3n) is 5.56. The van der Waals surface area contributed by atoms with Crippen molar-refractivity contribution in [2.75, 3.05) is 13.1 Å². The Bertz CT molecular complexity index is 476. The van der Waals surface area contributed by atoms with Crippen molar-refractivity contribution in [3.8, 4) is 0 Å². The van der Waals surface area contributed by atoms with E-state index in [-0.39, 0.29) is 11.3 Å². The molecule has 1 aliphatic heterocycles. The van der Waals surface area contributed by atoms with Crippen LogP contribution in [-0.2, 0) is 10.2 Å². The second kappa shape index (κ2) is 6.31. The van der Waals surface area contributed by atoms with Crippen molar-refractivity contribution in [3.05, 3.63) is 35.9 Å². The van der Waals surface area contributed by atoms with Gasteiger partial charge in [0.15, 0.2) is 0 Å². The van der Waals surface area contributed by atoms with Crippen molar-refractivity contribution in [1.82, 2.24) is 5.32 Å². The van der Waals surface area contributed by atoms with Crippen molar-refractivity contribution in [2.45, 2.75) is 50.9 Å². The molecular formula is C19H27NO. The van der Waals surface area contributed by atoms with Crippen molar-refractivity contribution < 1.29 is 4.79 Å². The molecule has 21 heavy (non-hydrogen) atoms. The van der Waals surface area contributed by atoms with E-state index in [0.717, 1.165) is 38.8 Å². The average molecular weight is 285 g/mol. The number of carbonyl (C=O) groups is 1. The largest absolute Gasteiger partial charge is 0.317 e. The fourth-order valence-corrected chi connectivity index (χ4v) is 4.35. The molecule has 2 unspecified atom stereocenters. The monoisotopic (exact) mass is 285 g/mol. The smallest absolute Gasteiger partial charge is 0.146 e. The highest BCUT2D eigenvalue weighted by molar-refractivity contribution is 5.92. The lowest BCUT2D eigenvalue weighted by atomic mass is 9.64. The Morgan fingerprint density at radius 1 is 1.14 bits per heavy atom. The van der Waals surface area contributed by atoms with E-state index in [1.165, 1.54) is 18.4 Å². The Kier molecular flexibility index (Phi) is 4.44. The zero-order chi connectivity index (χ0) is 14.7. The van der Waals surface area contributed by atoms with E-state index in [2.05, 4.69) is 36.5 Å². The molecule has 114 valence electrons. The van der Waals surface area contributed by atoms with Gasteiger partial charge in [0.25, 0.3) is 0 Å². The number of Topliss-reactive ketones (excluding diaryl/α,β-unsaturated/α-hetero) is 1. The van der Waals surface area contributed by atoms with Gasteiger partial charge in [-0.05, 0) is 50.3 Å². The Balaban J connectivity index is 1.90. The molecule has 3 rings (SSSR count). The first-order valence-corrected chi connectivity index (χ1v) is 8.53. The van der Waals surface area contributed by atoms with Gasteiger partial charge in [0.05, 0.1) is 5.41 Å². The highest BCUT2D eigenvalue weighted by Gasteiger charge is 2.44. The van der Waals surface area contributed by atoms with Gasteiger partial charge in [0.1, 0.15) is 5.78 Å². The van der Waals surface area contributed by atoms with Gasteiger partial charge in [0, 0.05) is 5.92 Å². The SMILES string of the molecule is CC1CCCC(C(=O)C2(c3ccccc3)CCNCC2)C1. The van der Waals surface area contributed by atoms with Crippen LogP contribution in [0.5, 0.6) is 0 Å². The summed E-state index contributed by atoms with van der Waals surface area (Å²) in [4.78, 5) is 13.4. The van der Waals surface area contributed by atoms with E-state index < -0.39 is 0 Å².